The van der Waals surface area contributed by atoms with Crippen molar-refractivity contribution in [1.29, 1.82) is 0 Å². The standard InChI is InChI=1S/C13H20BrN5/c1-5-16-12(11-7-15-8-18(11)4)13-10(14)6-17-19(13)9(2)3/h6-9,12,16H,5H2,1-4H3. The van der Waals surface area contributed by atoms with E-state index in [1.807, 2.05) is 35.0 Å². The highest BCUT2D eigenvalue weighted by atomic mass is 79.9. The molecule has 0 aliphatic rings. The van der Waals surface area contributed by atoms with E-state index in [0.717, 1.165) is 22.4 Å². The molecule has 0 radical (unpaired) electrons. The predicted octanol–water partition coefficient (Wildman–Crippen LogP) is 2.66. The van der Waals surface area contributed by atoms with Crippen molar-refractivity contribution >= 4 is 15.9 Å². The first-order chi connectivity index (χ1) is 9.06. The molecule has 0 saturated heterocycles. The summed E-state index contributed by atoms with van der Waals surface area (Å²) in [5.41, 5.74) is 2.27. The van der Waals surface area contributed by atoms with E-state index in [0.29, 0.717) is 6.04 Å². The third-order valence-electron chi connectivity index (χ3n) is 3.11. The minimum Gasteiger partial charge on any atom is -0.336 e. The van der Waals surface area contributed by atoms with E-state index in [2.05, 4.69) is 52.1 Å². The van der Waals surface area contributed by atoms with Crippen LogP contribution in [0.2, 0.25) is 0 Å². The second-order valence-corrected chi connectivity index (χ2v) is 5.69. The van der Waals surface area contributed by atoms with Crippen LogP contribution >= 0.6 is 15.9 Å². The lowest BCUT2D eigenvalue weighted by Crippen LogP contribution is -2.27. The van der Waals surface area contributed by atoms with E-state index < -0.39 is 0 Å². The highest BCUT2D eigenvalue weighted by molar-refractivity contribution is 9.10. The van der Waals surface area contributed by atoms with Crippen LogP contribution in [0.25, 0.3) is 0 Å². The van der Waals surface area contributed by atoms with Gasteiger partial charge < -0.3 is 9.88 Å². The first-order valence-corrected chi connectivity index (χ1v) is 7.28. The number of halogens is 1. The Balaban J connectivity index is 2.51. The van der Waals surface area contributed by atoms with Crippen LogP contribution in [0.1, 0.15) is 44.2 Å². The predicted molar refractivity (Wildman–Crippen MR) is 79.0 cm³/mol. The molecule has 6 heteroatoms. The summed E-state index contributed by atoms with van der Waals surface area (Å²) in [5.74, 6) is 0. The fourth-order valence-electron chi connectivity index (χ4n) is 2.22. The van der Waals surface area contributed by atoms with Gasteiger partial charge in [-0.1, -0.05) is 6.92 Å². The van der Waals surface area contributed by atoms with Gasteiger partial charge in [0.1, 0.15) is 0 Å². The van der Waals surface area contributed by atoms with Crippen molar-refractivity contribution in [2.45, 2.75) is 32.9 Å². The number of nitrogens with zero attached hydrogens (tertiary/aromatic N) is 4. The van der Waals surface area contributed by atoms with Gasteiger partial charge in [-0.3, -0.25) is 4.68 Å². The summed E-state index contributed by atoms with van der Waals surface area (Å²) in [7, 11) is 2.01. The van der Waals surface area contributed by atoms with Gasteiger partial charge in [0.25, 0.3) is 0 Å². The van der Waals surface area contributed by atoms with Crippen LogP contribution in [0.3, 0.4) is 0 Å². The van der Waals surface area contributed by atoms with Crippen LogP contribution in [-0.4, -0.2) is 25.9 Å². The Morgan fingerprint density at radius 1 is 1.37 bits per heavy atom. The molecule has 1 unspecified atom stereocenters. The molecule has 2 aromatic heterocycles. The quantitative estimate of drug-likeness (QED) is 0.919. The van der Waals surface area contributed by atoms with Crippen molar-refractivity contribution in [2.75, 3.05) is 6.54 Å². The fourth-order valence-corrected chi connectivity index (χ4v) is 2.73. The third-order valence-corrected chi connectivity index (χ3v) is 3.72. The van der Waals surface area contributed by atoms with Crippen molar-refractivity contribution in [2.24, 2.45) is 7.05 Å². The molecule has 1 atom stereocenters. The lowest BCUT2D eigenvalue weighted by Gasteiger charge is -2.22. The maximum Gasteiger partial charge on any atom is 0.0946 e. The van der Waals surface area contributed by atoms with E-state index in [1.54, 1.807) is 0 Å². The van der Waals surface area contributed by atoms with Crippen LogP contribution in [0.5, 0.6) is 0 Å². The summed E-state index contributed by atoms with van der Waals surface area (Å²) in [6.45, 7) is 7.25. The Labute approximate surface area is 122 Å². The van der Waals surface area contributed by atoms with Crippen molar-refractivity contribution < 1.29 is 0 Å². The molecule has 2 rings (SSSR count). The molecule has 0 aliphatic heterocycles. The van der Waals surface area contributed by atoms with Crippen LogP contribution in [0.15, 0.2) is 23.2 Å². The molecular weight excluding hydrogens is 306 g/mol. The largest absolute Gasteiger partial charge is 0.336 e. The molecule has 0 bridgehead atoms. The number of hydrogen-bond donors (Lipinski definition) is 1. The fraction of sp³-hybridized carbons (Fsp3) is 0.538. The van der Waals surface area contributed by atoms with Crippen molar-refractivity contribution in [3.8, 4) is 0 Å². The molecule has 0 saturated carbocycles. The highest BCUT2D eigenvalue weighted by Gasteiger charge is 2.24. The molecule has 0 fully saturated rings. The molecule has 104 valence electrons. The Bertz CT molecular complexity index is 543. The maximum absolute atomic E-state index is 4.46. The second-order valence-electron chi connectivity index (χ2n) is 4.84. The molecule has 0 amide bonds. The van der Waals surface area contributed by atoms with Crippen LogP contribution in [-0.2, 0) is 7.05 Å². The average Bonchev–Trinajstić information content (AvgIpc) is 2.93. The lowest BCUT2D eigenvalue weighted by atomic mass is 10.1. The van der Waals surface area contributed by atoms with E-state index in [4.69, 9.17) is 0 Å². The summed E-state index contributed by atoms with van der Waals surface area (Å²) in [5, 5.41) is 7.97. The van der Waals surface area contributed by atoms with E-state index in [1.165, 1.54) is 0 Å². The normalized spacial score (nSPS) is 13.2. The molecular formula is C13H20BrN5. The first kappa shape index (κ1) is 14.3. The molecule has 5 nitrogen and oxygen atoms in total. The Kier molecular flexibility index (Phi) is 4.42. The lowest BCUT2D eigenvalue weighted by molar-refractivity contribution is 0.467. The van der Waals surface area contributed by atoms with E-state index >= 15 is 0 Å². The monoisotopic (exact) mass is 325 g/mol. The molecule has 0 aliphatic carbocycles. The smallest absolute Gasteiger partial charge is 0.0946 e. The van der Waals surface area contributed by atoms with Crippen molar-refractivity contribution in [3.63, 3.8) is 0 Å². The summed E-state index contributed by atoms with van der Waals surface area (Å²) in [6.07, 6.45) is 5.58. The van der Waals surface area contributed by atoms with Crippen molar-refractivity contribution in [3.05, 3.63) is 34.6 Å². The molecule has 0 aromatic carbocycles. The maximum atomic E-state index is 4.46. The summed E-state index contributed by atoms with van der Waals surface area (Å²) in [6, 6.07) is 0.396. The zero-order valence-corrected chi connectivity index (χ0v) is 13.3. The van der Waals surface area contributed by atoms with Gasteiger partial charge >= 0.3 is 0 Å². The summed E-state index contributed by atoms with van der Waals surface area (Å²) >= 11 is 3.61. The topological polar surface area (TPSA) is 47.7 Å². The minimum absolute atomic E-state index is 0.0803. The van der Waals surface area contributed by atoms with E-state index in [9.17, 15) is 0 Å². The number of aryl methyl sites for hydroxylation is 1. The zero-order valence-electron chi connectivity index (χ0n) is 11.8. The van der Waals surface area contributed by atoms with Gasteiger partial charge in [-0.2, -0.15) is 5.10 Å². The summed E-state index contributed by atoms with van der Waals surface area (Å²) in [4.78, 5) is 4.22. The average molecular weight is 326 g/mol. The van der Waals surface area contributed by atoms with Gasteiger partial charge in [0.2, 0.25) is 0 Å². The van der Waals surface area contributed by atoms with E-state index in [-0.39, 0.29) is 6.04 Å². The number of rotatable bonds is 5. The number of aromatic nitrogens is 4. The van der Waals surface area contributed by atoms with Gasteiger partial charge in [-0.25, -0.2) is 4.98 Å². The van der Waals surface area contributed by atoms with Gasteiger partial charge in [0.05, 0.1) is 40.6 Å². The zero-order chi connectivity index (χ0) is 14.0. The third kappa shape index (κ3) is 2.74. The Hall–Kier alpha value is -1.14. The molecule has 0 spiro atoms. The Morgan fingerprint density at radius 2 is 2.11 bits per heavy atom. The van der Waals surface area contributed by atoms with Gasteiger partial charge in [-0.15, -0.1) is 0 Å². The van der Waals surface area contributed by atoms with Gasteiger partial charge in [0, 0.05) is 13.1 Å². The SMILES string of the molecule is CCNC(c1cncn1C)c1c(Br)cnn1C(C)C. The first-order valence-electron chi connectivity index (χ1n) is 6.48. The van der Waals surface area contributed by atoms with Gasteiger partial charge in [-0.05, 0) is 36.3 Å². The van der Waals surface area contributed by atoms with Crippen LogP contribution in [0.4, 0.5) is 0 Å². The van der Waals surface area contributed by atoms with Crippen molar-refractivity contribution in [1.82, 2.24) is 24.6 Å². The number of nitrogens with one attached hydrogen (secondary N) is 1. The number of imidazole rings is 1. The second kappa shape index (κ2) is 5.88. The van der Waals surface area contributed by atoms with Gasteiger partial charge in [0.15, 0.2) is 0 Å². The highest BCUT2D eigenvalue weighted by Crippen LogP contribution is 2.30. The summed E-state index contributed by atoms with van der Waals surface area (Å²) < 4.78 is 5.11. The molecule has 1 N–H and O–H groups in total. The molecule has 19 heavy (non-hydrogen) atoms. The minimum atomic E-state index is 0.0803. The molecule has 2 heterocycles. The number of hydrogen-bond acceptors (Lipinski definition) is 3. The van der Waals surface area contributed by atoms with Crippen LogP contribution < -0.4 is 5.32 Å². The van der Waals surface area contributed by atoms with Crippen LogP contribution in [0, 0.1) is 0 Å². The Morgan fingerprint density at radius 3 is 2.63 bits per heavy atom. The molecule has 2 aromatic rings.